The molecule has 2 aromatic carbocycles. The summed E-state index contributed by atoms with van der Waals surface area (Å²) >= 11 is 0. The number of nitrogens with zero attached hydrogens (tertiary/aromatic N) is 1. The number of aromatic nitrogens is 1. The molecule has 3 aromatic rings. The van der Waals surface area contributed by atoms with E-state index in [4.69, 9.17) is 0 Å². The molecule has 0 aliphatic carbocycles. The van der Waals surface area contributed by atoms with Gasteiger partial charge >= 0.3 is 0 Å². The molecule has 0 saturated carbocycles. The summed E-state index contributed by atoms with van der Waals surface area (Å²) in [4.78, 5) is 11.2. The lowest BCUT2D eigenvalue weighted by Crippen LogP contribution is -2.00. The Bertz CT molecular complexity index is 933. The Kier molecular flexibility index (Phi) is 4.26. The molecule has 0 unspecified atom stereocenters. The number of rotatable bonds is 4. The monoisotopic (exact) mass is 318 g/mol. The molecule has 0 bridgehead atoms. The molecule has 3 rings (SSSR count). The zero-order valence-electron chi connectivity index (χ0n) is 14.6. The molecule has 24 heavy (non-hydrogen) atoms. The zero-order valence-corrected chi connectivity index (χ0v) is 14.6. The normalized spacial score (nSPS) is 11.8. The van der Waals surface area contributed by atoms with Gasteiger partial charge in [0, 0.05) is 29.5 Å². The fourth-order valence-corrected chi connectivity index (χ4v) is 3.07. The maximum atomic E-state index is 11.2. The number of anilines is 1. The van der Waals surface area contributed by atoms with Gasteiger partial charge in [0.2, 0.25) is 0 Å². The minimum atomic E-state index is 0.0453. The first-order valence-electron chi connectivity index (χ1n) is 8.07. The van der Waals surface area contributed by atoms with Crippen LogP contribution in [0.15, 0.2) is 60.3 Å². The molecule has 122 valence electrons. The fraction of sp³-hybridized carbons (Fsp3) is 0.190. The highest BCUT2D eigenvalue weighted by molar-refractivity contribution is 5.91. The van der Waals surface area contributed by atoms with Crippen molar-refractivity contribution < 1.29 is 4.79 Å². The second-order valence-electron chi connectivity index (χ2n) is 6.24. The van der Waals surface area contributed by atoms with Crippen LogP contribution in [0.3, 0.4) is 0 Å². The summed E-state index contributed by atoms with van der Waals surface area (Å²) in [6.07, 6.45) is 1.62. The fourth-order valence-electron chi connectivity index (χ4n) is 3.07. The van der Waals surface area contributed by atoms with Gasteiger partial charge in [0.25, 0.3) is 0 Å². The molecular weight excluding hydrogens is 296 g/mol. The van der Waals surface area contributed by atoms with E-state index in [2.05, 4.69) is 66.3 Å². The van der Waals surface area contributed by atoms with E-state index in [0.29, 0.717) is 0 Å². The van der Waals surface area contributed by atoms with E-state index < -0.39 is 0 Å². The summed E-state index contributed by atoms with van der Waals surface area (Å²) in [5.74, 6) is 0.0453. The van der Waals surface area contributed by atoms with Crippen LogP contribution in [-0.2, 0) is 11.8 Å². The summed E-state index contributed by atoms with van der Waals surface area (Å²) in [7, 11) is 2.09. The minimum absolute atomic E-state index is 0.0453. The van der Waals surface area contributed by atoms with Crippen LogP contribution in [0.4, 0.5) is 5.69 Å². The molecule has 0 saturated heterocycles. The summed E-state index contributed by atoms with van der Waals surface area (Å²) < 4.78 is 2.21. The molecule has 0 atom stereocenters. The van der Waals surface area contributed by atoms with Crippen molar-refractivity contribution in [3.63, 3.8) is 0 Å². The molecule has 0 aliphatic heterocycles. The molecule has 3 heteroatoms. The van der Waals surface area contributed by atoms with E-state index in [1.54, 1.807) is 13.0 Å². The molecule has 0 fully saturated rings. The average molecular weight is 318 g/mol. The average Bonchev–Trinajstić information content (AvgIpc) is 2.84. The minimum Gasteiger partial charge on any atom is -0.359 e. The van der Waals surface area contributed by atoms with Gasteiger partial charge < -0.3 is 9.88 Å². The van der Waals surface area contributed by atoms with Gasteiger partial charge in [-0.3, -0.25) is 4.79 Å². The Morgan fingerprint density at radius 1 is 1.08 bits per heavy atom. The molecule has 0 radical (unpaired) electrons. The van der Waals surface area contributed by atoms with E-state index in [0.717, 1.165) is 22.5 Å². The predicted octanol–water partition coefficient (Wildman–Crippen LogP) is 5.06. The van der Waals surface area contributed by atoms with Crippen LogP contribution in [-0.4, -0.2) is 10.4 Å². The van der Waals surface area contributed by atoms with Crippen LogP contribution >= 0.6 is 0 Å². The van der Waals surface area contributed by atoms with E-state index in [-0.39, 0.29) is 5.78 Å². The van der Waals surface area contributed by atoms with Gasteiger partial charge in [-0.1, -0.05) is 30.3 Å². The maximum absolute atomic E-state index is 11.2. The van der Waals surface area contributed by atoms with Crippen molar-refractivity contribution in [3.8, 4) is 11.3 Å². The number of carbonyl (C=O) groups is 1. The lowest BCUT2D eigenvalue weighted by molar-refractivity contribution is -0.112. The van der Waals surface area contributed by atoms with Gasteiger partial charge in [-0.2, -0.15) is 0 Å². The Balaban J connectivity index is 2.08. The summed E-state index contributed by atoms with van der Waals surface area (Å²) in [5, 5.41) is 4.55. The molecule has 0 spiro atoms. The number of hydrogen-bond acceptors (Lipinski definition) is 2. The van der Waals surface area contributed by atoms with Crippen molar-refractivity contribution in [1.82, 2.24) is 4.57 Å². The van der Waals surface area contributed by atoms with E-state index in [9.17, 15) is 4.79 Å². The number of allylic oxidation sites excluding steroid dienone is 2. The predicted molar refractivity (Wildman–Crippen MR) is 101 cm³/mol. The van der Waals surface area contributed by atoms with Crippen LogP contribution in [0.5, 0.6) is 0 Å². The van der Waals surface area contributed by atoms with E-state index in [1.165, 1.54) is 16.6 Å². The Hall–Kier alpha value is -2.81. The number of benzene rings is 2. The second kappa shape index (κ2) is 6.36. The van der Waals surface area contributed by atoms with Crippen LogP contribution in [0.2, 0.25) is 0 Å². The van der Waals surface area contributed by atoms with E-state index in [1.807, 2.05) is 13.0 Å². The van der Waals surface area contributed by atoms with Gasteiger partial charge in [0.05, 0.1) is 5.52 Å². The molecule has 1 heterocycles. The molecule has 1 N–H and O–H groups in total. The first kappa shape index (κ1) is 16.1. The first-order valence-corrected chi connectivity index (χ1v) is 8.07. The quantitative estimate of drug-likeness (QED) is 0.682. The lowest BCUT2D eigenvalue weighted by Gasteiger charge is -2.11. The van der Waals surface area contributed by atoms with Crippen molar-refractivity contribution in [2.75, 3.05) is 5.32 Å². The molecule has 3 nitrogen and oxygen atoms in total. The first-order chi connectivity index (χ1) is 11.5. The van der Waals surface area contributed by atoms with E-state index >= 15 is 0 Å². The number of hydrogen-bond donors (Lipinski definition) is 1. The van der Waals surface area contributed by atoms with Crippen LogP contribution in [0.1, 0.15) is 19.4 Å². The van der Waals surface area contributed by atoms with Crippen molar-refractivity contribution in [2.24, 2.45) is 7.05 Å². The van der Waals surface area contributed by atoms with Crippen molar-refractivity contribution in [1.29, 1.82) is 0 Å². The maximum Gasteiger partial charge on any atom is 0.154 e. The number of ketones is 1. The Morgan fingerprint density at radius 3 is 2.46 bits per heavy atom. The van der Waals surface area contributed by atoms with Crippen molar-refractivity contribution in [3.05, 3.63) is 65.9 Å². The molecule has 1 aromatic heterocycles. The second-order valence-corrected chi connectivity index (χ2v) is 6.24. The topological polar surface area (TPSA) is 34.0 Å². The number of carbonyl (C=O) groups excluding carboxylic acids is 1. The van der Waals surface area contributed by atoms with Crippen LogP contribution in [0.25, 0.3) is 22.2 Å². The highest BCUT2D eigenvalue weighted by Gasteiger charge is 2.10. The van der Waals surface area contributed by atoms with Crippen molar-refractivity contribution >= 4 is 22.4 Å². The molecule has 0 aliphatic rings. The zero-order chi connectivity index (χ0) is 17.3. The smallest absolute Gasteiger partial charge is 0.154 e. The van der Waals surface area contributed by atoms with Gasteiger partial charge in [-0.05, 0) is 56.2 Å². The largest absolute Gasteiger partial charge is 0.359 e. The number of nitrogens with one attached hydrogen (secondary N) is 1. The SMILES string of the molecule is CC(=O)C=C(C)Nc1cc2c(cc1C)cc(-c1ccccc1)n2C. The number of aryl methyl sites for hydroxylation is 2. The number of fused-ring (bicyclic) bond motifs is 1. The third kappa shape index (κ3) is 3.11. The van der Waals surface area contributed by atoms with Gasteiger partial charge in [-0.15, -0.1) is 0 Å². The lowest BCUT2D eigenvalue weighted by atomic mass is 10.1. The third-order valence-electron chi connectivity index (χ3n) is 4.21. The molecule has 0 amide bonds. The third-order valence-corrected chi connectivity index (χ3v) is 4.21. The Morgan fingerprint density at radius 2 is 1.79 bits per heavy atom. The highest BCUT2D eigenvalue weighted by atomic mass is 16.1. The highest BCUT2D eigenvalue weighted by Crippen LogP contribution is 2.31. The van der Waals surface area contributed by atoms with Gasteiger partial charge in [0.1, 0.15) is 0 Å². The van der Waals surface area contributed by atoms with Crippen molar-refractivity contribution in [2.45, 2.75) is 20.8 Å². The molecular formula is C21H22N2O. The van der Waals surface area contributed by atoms with Crippen LogP contribution in [0, 0.1) is 6.92 Å². The van der Waals surface area contributed by atoms with Gasteiger partial charge in [-0.25, -0.2) is 0 Å². The van der Waals surface area contributed by atoms with Crippen LogP contribution < -0.4 is 5.32 Å². The summed E-state index contributed by atoms with van der Waals surface area (Å²) in [6, 6.07) is 16.9. The summed E-state index contributed by atoms with van der Waals surface area (Å²) in [5.41, 5.74) is 6.59. The Labute approximate surface area is 142 Å². The standard InChI is InChI=1S/C21H22N2O/c1-14-10-18-12-20(17-8-6-5-7-9-17)23(4)21(18)13-19(14)22-15(2)11-16(3)24/h5-13,22H,1-4H3. The summed E-state index contributed by atoms with van der Waals surface area (Å²) in [6.45, 7) is 5.55. The van der Waals surface area contributed by atoms with Gasteiger partial charge in [0.15, 0.2) is 5.78 Å².